The zero-order chi connectivity index (χ0) is 13.8. The van der Waals surface area contributed by atoms with Crippen LogP contribution in [0.2, 0.25) is 0 Å². The highest BCUT2D eigenvalue weighted by Crippen LogP contribution is 2.13. The van der Waals surface area contributed by atoms with Crippen molar-refractivity contribution in [3.05, 3.63) is 11.9 Å². The fraction of sp³-hybridized carbons (Fsp3) is 0.692. The van der Waals surface area contributed by atoms with E-state index in [1.807, 2.05) is 20.2 Å². The van der Waals surface area contributed by atoms with E-state index in [2.05, 4.69) is 36.5 Å². The Morgan fingerprint density at radius 2 is 2.11 bits per heavy atom. The Hall–Kier alpha value is -1.36. The first-order valence-electron chi connectivity index (χ1n) is 6.39. The van der Waals surface area contributed by atoms with E-state index in [9.17, 15) is 4.79 Å². The molecule has 0 atom stereocenters. The second-order valence-electron chi connectivity index (χ2n) is 5.49. The van der Waals surface area contributed by atoms with E-state index in [1.165, 1.54) is 0 Å². The van der Waals surface area contributed by atoms with Gasteiger partial charge in [-0.3, -0.25) is 9.48 Å². The number of aromatic nitrogens is 2. The Balaban J connectivity index is 2.44. The normalized spacial score (nSPS) is 11.6. The van der Waals surface area contributed by atoms with Gasteiger partial charge in [-0.15, -0.1) is 0 Å². The number of anilines is 1. The number of rotatable bonds is 5. The zero-order valence-corrected chi connectivity index (χ0v) is 12.0. The van der Waals surface area contributed by atoms with Gasteiger partial charge in [0.15, 0.2) is 0 Å². The maximum absolute atomic E-state index is 11.8. The molecule has 5 heteroatoms. The summed E-state index contributed by atoms with van der Waals surface area (Å²) in [5.41, 5.74) is 1.79. The molecule has 0 radical (unpaired) electrons. The van der Waals surface area contributed by atoms with Gasteiger partial charge in [-0.2, -0.15) is 5.10 Å². The third-order valence-electron chi connectivity index (χ3n) is 2.52. The molecule has 1 amide bonds. The molecule has 0 unspecified atom stereocenters. The Kier molecular flexibility index (Phi) is 4.90. The van der Waals surface area contributed by atoms with Crippen LogP contribution in [0.15, 0.2) is 6.20 Å². The average molecular weight is 252 g/mol. The lowest BCUT2D eigenvalue weighted by Crippen LogP contribution is -2.37. The molecule has 1 heterocycles. The van der Waals surface area contributed by atoms with Gasteiger partial charge in [-0.05, 0) is 27.2 Å². The van der Waals surface area contributed by atoms with Gasteiger partial charge in [-0.25, -0.2) is 0 Å². The lowest BCUT2D eigenvalue weighted by atomic mass is 10.1. The van der Waals surface area contributed by atoms with Crippen LogP contribution in [-0.4, -0.2) is 27.8 Å². The molecule has 0 aliphatic carbocycles. The van der Waals surface area contributed by atoms with Crippen LogP contribution < -0.4 is 10.6 Å². The number of carbonyl (C=O) groups excluding carboxylic acids is 1. The van der Waals surface area contributed by atoms with Crippen LogP contribution in [0.4, 0.5) is 5.69 Å². The van der Waals surface area contributed by atoms with Gasteiger partial charge in [0.1, 0.15) is 0 Å². The molecule has 0 aliphatic heterocycles. The van der Waals surface area contributed by atoms with Crippen molar-refractivity contribution in [1.82, 2.24) is 15.1 Å². The highest BCUT2D eigenvalue weighted by molar-refractivity contribution is 5.91. The predicted molar refractivity (Wildman–Crippen MR) is 73.6 cm³/mol. The zero-order valence-electron chi connectivity index (χ0n) is 12.0. The van der Waals surface area contributed by atoms with Crippen molar-refractivity contribution in [2.45, 2.75) is 46.1 Å². The van der Waals surface area contributed by atoms with Gasteiger partial charge in [0, 0.05) is 31.7 Å². The van der Waals surface area contributed by atoms with Crippen molar-refractivity contribution >= 4 is 11.6 Å². The smallest absolute Gasteiger partial charge is 0.225 e. The van der Waals surface area contributed by atoms with Crippen molar-refractivity contribution < 1.29 is 4.79 Å². The molecule has 1 aromatic rings. The number of carbonyl (C=O) groups is 1. The minimum atomic E-state index is 0.0226. The molecular formula is C13H24N4O. The molecule has 0 saturated heterocycles. The fourth-order valence-corrected chi connectivity index (χ4v) is 1.66. The summed E-state index contributed by atoms with van der Waals surface area (Å²) in [5, 5.41) is 10.5. The third-order valence-corrected chi connectivity index (χ3v) is 2.52. The van der Waals surface area contributed by atoms with Gasteiger partial charge < -0.3 is 10.6 Å². The summed E-state index contributed by atoms with van der Waals surface area (Å²) in [4.78, 5) is 11.8. The molecule has 0 aromatic carbocycles. The molecule has 1 aromatic heterocycles. The van der Waals surface area contributed by atoms with Crippen molar-refractivity contribution in [2.75, 3.05) is 11.9 Å². The van der Waals surface area contributed by atoms with Gasteiger partial charge in [0.25, 0.3) is 0 Å². The summed E-state index contributed by atoms with van der Waals surface area (Å²) < 4.78 is 1.72. The summed E-state index contributed by atoms with van der Waals surface area (Å²) in [6.45, 7) is 8.96. The number of amides is 1. The molecule has 0 bridgehead atoms. The minimum Gasteiger partial charge on any atom is -0.323 e. The number of nitrogens with zero attached hydrogens (tertiary/aromatic N) is 2. The van der Waals surface area contributed by atoms with Crippen LogP contribution in [0.5, 0.6) is 0 Å². The van der Waals surface area contributed by atoms with E-state index >= 15 is 0 Å². The van der Waals surface area contributed by atoms with E-state index in [0.717, 1.165) is 17.8 Å². The number of hydrogen-bond acceptors (Lipinski definition) is 3. The molecule has 5 nitrogen and oxygen atoms in total. The summed E-state index contributed by atoms with van der Waals surface area (Å²) in [6.07, 6.45) is 3.12. The van der Waals surface area contributed by atoms with Crippen LogP contribution in [0.3, 0.4) is 0 Å². The second-order valence-corrected chi connectivity index (χ2v) is 5.49. The molecule has 0 saturated carbocycles. The van der Waals surface area contributed by atoms with Crippen molar-refractivity contribution in [1.29, 1.82) is 0 Å². The number of hydrogen-bond donors (Lipinski definition) is 2. The molecule has 18 heavy (non-hydrogen) atoms. The highest BCUT2D eigenvalue weighted by Gasteiger charge is 2.12. The Morgan fingerprint density at radius 3 is 2.67 bits per heavy atom. The Labute approximate surface area is 109 Å². The van der Waals surface area contributed by atoms with Crippen LogP contribution >= 0.6 is 0 Å². The fourth-order valence-electron chi connectivity index (χ4n) is 1.66. The first-order chi connectivity index (χ1) is 8.31. The lowest BCUT2D eigenvalue weighted by molar-refractivity contribution is -0.116. The van der Waals surface area contributed by atoms with E-state index in [1.54, 1.807) is 4.68 Å². The maximum Gasteiger partial charge on any atom is 0.225 e. The first kappa shape index (κ1) is 14.7. The molecule has 0 fully saturated rings. The summed E-state index contributed by atoms with van der Waals surface area (Å²) in [7, 11) is 1.86. The lowest BCUT2D eigenvalue weighted by Gasteiger charge is -2.20. The van der Waals surface area contributed by atoms with Crippen LogP contribution in [0.25, 0.3) is 0 Å². The predicted octanol–water partition coefficient (Wildman–Crippen LogP) is 1.70. The monoisotopic (exact) mass is 252 g/mol. The van der Waals surface area contributed by atoms with Crippen molar-refractivity contribution in [2.24, 2.45) is 7.05 Å². The molecular weight excluding hydrogens is 228 g/mol. The highest BCUT2D eigenvalue weighted by atomic mass is 16.1. The molecule has 0 spiro atoms. The SMILES string of the molecule is CCc1nn(C)cc1NC(=O)CCNC(C)(C)C. The first-order valence-corrected chi connectivity index (χ1v) is 6.39. The largest absolute Gasteiger partial charge is 0.323 e. The van der Waals surface area contributed by atoms with E-state index in [-0.39, 0.29) is 11.4 Å². The summed E-state index contributed by atoms with van der Waals surface area (Å²) in [6, 6.07) is 0. The van der Waals surface area contributed by atoms with E-state index in [4.69, 9.17) is 0 Å². The number of aryl methyl sites for hydroxylation is 2. The van der Waals surface area contributed by atoms with Crippen molar-refractivity contribution in [3.8, 4) is 0 Å². The van der Waals surface area contributed by atoms with Crippen LogP contribution in [0, 0.1) is 0 Å². The molecule has 2 N–H and O–H groups in total. The standard InChI is InChI=1S/C13H24N4O/c1-6-10-11(9-17(5)16-10)15-12(18)7-8-14-13(2,3)4/h9,14H,6-8H2,1-5H3,(H,15,18). The van der Waals surface area contributed by atoms with E-state index < -0.39 is 0 Å². The minimum absolute atomic E-state index is 0.0226. The van der Waals surface area contributed by atoms with Gasteiger partial charge in [0.2, 0.25) is 5.91 Å². The van der Waals surface area contributed by atoms with Crippen LogP contribution in [-0.2, 0) is 18.3 Å². The maximum atomic E-state index is 11.8. The molecule has 0 aliphatic rings. The Morgan fingerprint density at radius 1 is 1.44 bits per heavy atom. The Bertz CT molecular complexity index is 404. The summed E-state index contributed by atoms with van der Waals surface area (Å²) >= 11 is 0. The number of nitrogens with one attached hydrogen (secondary N) is 2. The summed E-state index contributed by atoms with van der Waals surface area (Å²) in [5.74, 6) is 0.0226. The second kappa shape index (κ2) is 6.00. The molecule has 102 valence electrons. The quantitative estimate of drug-likeness (QED) is 0.838. The topological polar surface area (TPSA) is 59.0 Å². The third kappa shape index (κ3) is 4.87. The van der Waals surface area contributed by atoms with E-state index in [0.29, 0.717) is 13.0 Å². The van der Waals surface area contributed by atoms with Gasteiger partial charge in [0.05, 0.1) is 11.4 Å². The van der Waals surface area contributed by atoms with Gasteiger partial charge >= 0.3 is 0 Å². The van der Waals surface area contributed by atoms with Gasteiger partial charge in [-0.1, -0.05) is 6.92 Å². The molecule has 1 rings (SSSR count). The van der Waals surface area contributed by atoms with Crippen LogP contribution in [0.1, 0.15) is 39.8 Å². The average Bonchev–Trinajstić information content (AvgIpc) is 2.56. The van der Waals surface area contributed by atoms with Crippen molar-refractivity contribution in [3.63, 3.8) is 0 Å².